The van der Waals surface area contributed by atoms with Gasteiger partial charge in [0.2, 0.25) is 0 Å². The molecular weight excluding hydrogens is 444 g/mol. The van der Waals surface area contributed by atoms with Gasteiger partial charge in [0.1, 0.15) is 0 Å². The number of hydrogen-bond acceptors (Lipinski definition) is 3. The van der Waals surface area contributed by atoms with Gasteiger partial charge in [0.15, 0.2) is 0 Å². The van der Waals surface area contributed by atoms with Gasteiger partial charge in [-0.05, 0) is 69.8 Å². The van der Waals surface area contributed by atoms with Gasteiger partial charge in [-0.2, -0.15) is 0 Å². The quantitative estimate of drug-likeness (QED) is 0.400. The Kier molecular flexibility index (Phi) is 10.2. The van der Waals surface area contributed by atoms with Crippen LogP contribution in [0.5, 0.6) is 0 Å². The van der Waals surface area contributed by atoms with Gasteiger partial charge in [-0.25, -0.2) is 4.79 Å². The van der Waals surface area contributed by atoms with Crippen LogP contribution >= 0.6 is 0 Å². The van der Waals surface area contributed by atoms with Crippen LogP contribution in [-0.2, 0) is 6.42 Å². The SMILES string of the molecule is Cc1ccc(CCN2CCC[C@@H]2CN(C)[C@@H](CNC(=O)Nc2ccccc2)CC2CCCCC2)cc1. The van der Waals surface area contributed by atoms with Crippen LogP contribution in [0.15, 0.2) is 54.6 Å². The number of likely N-dealkylation sites (tertiary alicyclic amines) is 1. The summed E-state index contributed by atoms with van der Waals surface area (Å²) >= 11 is 0. The van der Waals surface area contributed by atoms with Crippen molar-refractivity contribution in [3.63, 3.8) is 0 Å². The Morgan fingerprint density at radius 3 is 2.50 bits per heavy atom. The fourth-order valence-electron chi connectivity index (χ4n) is 6.04. The molecule has 5 heteroatoms. The summed E-state index contributed by atoms with van der Waals surface area (Å²) in [6.45, 7) is 6.26. The highest BCUT2D eigenvalue weighted by Gasteiger charge is 2.29. The first-order valence-corrected chi connectivity index (χ1v) is 14.2. The average Bonchev–Trinajstić information content (AvgIpc) is 3.34. The molecule has 0 radical (unpaired) electrons. The number of para-hydroxylation sites is 1. The minimum Gasteiger partial charge on any atom is -0.336 e. The summed E-state index contributed by atoms with van der Waals surface area (Å²) in [7, 11) is 2.28. The van der Waals surface area contributed by atoms with Crippen LogP contribution < -0.4 is 10.6 Å². The van der Waals surface area contributed by atoms with Crippen molar-refractivity contribution in [3.8, 4) is 0 Å². The Bertz CT molecular complexity index is 910. The number of nitrogens with zero attached hydrogens (tertiary/aromatic N) is 2. The molecule has 0 unspecified atom stereocenters. The van der Waals surface area contributed by atoms with E-state index in [2.05, 4.69) is 58.7 Å². The Balaban J connectivity index is 1.31. The van der Waals surface area contributed by atoms with Gasteiger partial charge in [-0.1, -0.05) is 80.1 Å². The van der Waals surface area contributed by atoms with E-state index in [1.165, 1.54) is 69.0 Å². The third-order valence-electron chi connectivity index (χ3n) is 8.29. The largest absolute Gasteiger partial charge is 0.336 e. The molecule has 2 N–H and O–H groups in total. The van der Waals surface area contributed by atoms with E-state index in [1.54, 1.807) is 0 Å². The number of urea groups is 1. The molecule has 36 heavy (non-hydrogen) atoms. The number of aryl methyl sites for hydroxylation is 1. The number of hydrogen-bond donors (Lipinski definition) is 2. The van der Waals surface area contributed by atoms with Crippen LogP contribution in [-0.4, -0.2) is 61.1 Å². The summed E-state index contributed by atoms with van der Waals surface area (Å²) in [5, 5.41) is 6.16. The van der Waals surface area contributed by atoms with E-state index in [0.29, 0.717) is 18.6 Å². The van der Waals surface area contributed by atoms with Crippen LogP contribution in [0, 0.1) is 12.8 Å². The number of carbonyl (C=O) groups is 1. The van der Waals surface area contributed by atoms with Crippen molar-refractivity contribution < 1.29 is 4.79 Å². The van der Waals surface area contributed by atoms with E-state index in [-0.39, 0.29) is 6.03 Å². The molecule has 2 aromatic rings. The molecule has 1 saturated heterocycles. The second-order valence-electron chi connectivity index (χ2n) is 11.1. The monoisotopic (exact) mass is 490 g/mol. The van der Waals surface area contributed by atoms with Crippen LogP contribution in [0.3, 0.4) is 0 Å². The summed E-state index contributed by atoms with van der Waals surface area (Å²) in [5.74, 6) is 0.784. The number of nitrogens with one attached hydrogen (secondary N) is 2. The lowest BCUT2D eigenvalue weighted by Gasteiger charge is -2.36. The maximum absolute atomic E-state index is 12.6. The third-order valence-corrected chi connectivity index (χ3v) is 8.29. The molecule has 5 nitrogen and oxygen atoms in total. The average molecular weight is 491 g/mol. The normalized spacial score (nSPS) is 19.9. The van der Waals surface area contributed by atoms with E-state index < -0.39 is 0 Å². The van der Waals surface area contributed by atoms with Crippen LogP contribution in [0.1, 0.15) is 62.5 Å². The zero-order valence-corrected chi connectivity index (χ0v) is 22.4. The lowest BCUT2D eigenvalue weighted by Crippen LogP contribution is -2.48. The lowest BCUT2D eigenvalue weighted by atomic mass is 9.84. The third kappa shape index (κ3) is 8.35. The maximum atomic E-state index is 12.6. The first-order valence-electron chi connectivity index (χ1n) is 14.2. The van der Waals surface area contributed by atoms with Gasteiger partial charge in [-0.15, -0.1) is 0 Å². The highest BCUT2D eigenvalue weighted by Crippen LogP contribution is 2.29. The molecule has 2 fully saturated rings. The smallest absolute Gasteiger partial charge is 0.319 e. The first-order chi connectivity index (χ1) is 17.6. The van der Waals surface area contributed by atoms with Crippen molar-refractivity contribution in [3.05, 3.63) is 65.7 Å². The molecule has 2 aliphatic rings. The Morgan fingerprint density at radius 1 is 1.00 bits per heavy atom. The van der Waals surface area contributed by atoms with Crippen LogP contribution in [0.25, 0.3) is 0 Å². The molecule has 1 heterocycles. The van der Waals surface area contributed by atoms with Crippen LogP contribution in [0.2, 0.25) is 0 Å². The lowest BCUT2D eigenvalue weighted by molar-refractivity contribution is 0.136. The van der Waals surface area contributed by atoms with Gasteiger partial charge in [-0.3, -0.25) is 4.90 Å². The summed E-state index contributed by atoms with van der Waals surface area (Å²) < 4.78 is 0. The van der Waals surface area contributed by atoms with Gasteiger partial charge in [0.25, 0.3) is 0 Å². The maximum Gasteiger partial charge on any atom is 0.319 e. The highest BCUT2D eigenvalue weighted by molar-refractivity contribution is 5.89. The van der Waals surface area contributed by atoms with Gasteiger partial charge < -0.3 is 15.5 Å². The minimum atomic E-state index is -0.108. The molecule has 4 rings (SSSR count). The van der Waals surface area contributed by atoms with Crippen molar-refractivity contribution in [1.29, 1.82) is 0 Å². The molecule has 0 aromatic heterocycles. The van der Waals surface area contributed by atoms with Crippen molar-refractivity contribution in [2.75, 3.05) is 38.5 Å². The second kappa shape index (κ2) is 13.8. The topological polar surface area (TPSA) is 47.6 Å². The van der Waals surface area contributed by atoms with Crippen molar-refractivity contribution in [2.24, 2.45) is 5.92 Å². The molecule has 1 aliphatic carbocycles. The standard InChI is InChI=1S/C31H46N4O/c1-25-15-17-26(18-16-25)19-21-35-20-9-14-29(35)24-34(2)30(22-27-10-5-3-6-11-27)23-32-31(36)33-28-12-7-4-8-13-28/h4,7-8,12-13,15-18,27,29-30H,3,5-6,9-11,14,19-24H2,1-2H3,(H2,32,33,36)/t29-,30-/m1/s1. The molecule has 0 spiro atoms. The molecule has 2 aromatic carbocycles. The molecule has 2 amide bonds. The summed E-state index contributed by atoms with van der Waals surface area (Å²) in [5.41, 5.74) is 3.60. The Morgan fingerprint density at radius 2 is 1.75 bits per heavy atom. The number of carbonyl (C=O) groups excluding carboxylic acids is 1. The van der Waals surface area contributed by atoms with Crippen molar-refractivity contribution >= 4 is 11.7 Å². The van der Waals surface area contributed by atoms with Crippen molar-refractivity contribution in [1.82, 2.24) is 15.1 Å². The molecule has 1 aliphatic heterocycles. The molecular formula is C31H46N4O. The van der Waals surface area contributed by atoms with E-state index >= 15 is 0 Å². The Labute approximate surface area is 218 Å². The first kappa shape index (κ1) is 26.7. The summed E-state index contributed by atoms with van der Waals surface area (Å²) in [6.07, 6.45) is 11.6. The fourth-order valence-corrected chi connectivity index (χ4v) is 6.04. The predicted molar refractivity (Wildman–Crippen MR) is 151 cm³/mol. The number of rotatable bonds is 11. The van der Waals surface area contributed by atoms with E-state index in [9.17, 15) is 4.79 Å². The number of anilines is 1. The van der Waals surface area contributed by atoms with Crippen LogP contribution in [0.4, 0.5) is 10.5 Å². The Hall–Kier alpha value is -2.37. The van der Waals surface area contributed by atoms with Gasteiger partial charge in [0, 0.05) is 37.4 Å². The zero-order valence-electron chi connectivity index (χ0n) is 22.4. The van der Waals surface area contributed by atoms with Crippen molar-refractivity contribution in [2.45, 2.75) is 76.8 Å². The number of amides is 2. The van der Waals surface area contributed by atoms with Gasteiger partial charge >= 0.3 is 6.03 Å². The summed E-state index contributed by atoms with van der Waals surface area (Å²) in [4.78, 5) is 17.9. The predicted octanol–water partition coefficient (Wildman–Crippen LogP) is 6.09. The molecule has 196 valence electrons. The van der Waals surface area contributed by atoms with E-state index in [0.717, 1.165) is 31.1 Å². The number of likely N-dealkylation sites (N-methyl/N-ethyl adjacent to an activating group) is 1. The minimum absolute atomic E-state index is 0.108. The second-order valence-corrected chi connectivity index (χ2v) is 11.1. The van der Waals surface area contributed by atoms with Gasteiger partial charge in [0.05, 0.1) is 0 Å². The molecule has 0 bridgehead atoms. The molecule has 2 atom stereocenters. The van der Waals surface area contributed by atoms with E-state index in [4.69, 9.17) is 0 Å². The van der Waals surface area contributed by atoms with E-state index in [1.807, 2.05) is 30.3 Å². The zero-order chi connectivity index (χ0) is 25.2. The molecule has 1 saturated carbocycles. The number of benzene rings is 2. The highest BCUT2D eigenvalue weighted by atomic mass is 16.2. The summed E-state index contributed by atoms with van der Waals surface area (Å²) in [6, 6.07) is 19.6. The fraction of sp³-hybridized carbons (Fsp3) is 0.581.